The Morgan fingerprint density at radius 1 is 1.30 bits per heavy atom. The second kappa shape index (κ2) is 6.82. The number of rotatable bonds is 3. The lowest BCUT2D eigenvalue weighted by molar-refractivity contribution is -0.137. The van der Waals surface area contributed by atoms with Gasteiger partial charge in [0.1, 0.15) is 0 Å². The molecule has 0 radical (unpaired) electrons. The maximum Gasteiger partial charge on any atom is 0.416 e. The van der Waals surface area contributed by atoms with E-state index in [2.05, 4.69) is 0 Å². The molecule has 2 unspecified atom stereocenters. The summed E-state index contributed by atoms with van der Waals surface area (Å²) in [6, 6.07) is 3.08. The van der Waals surface area contributed by atoms with Crippen LogP contribution in [-0.2, 0) is 19.6 Å². The largest absolute Gasteiger partial charge is 0.416 e. The third-order valence-electron chi connectivity index (χ3n) is 4.72. The van der Waals surface area contributed by atoms with Crippen LogP contribution in [-0.4, -0.2) is 26.4 Å². The molecule has 27 heavy (non-hydrogen) atoms. The second-order valence-electron chi connectivity index (χ2n) is 6.41. The Morgan fingerprint density at radius 3 is 2.59 bits per heavy atom. The molecule has 1 aromatic heterocycles. The number of benzene rings is 1. The quantitative estimate of drug-likeness (QED) is 0.779. The van der Waals surface area contributed by atoms with Crippen LogP contribution >= 0.6 is 11.6 Å². The number of halogens is 4. The molecule has 1 aromatic carbocycles. The van der Waals surface area contributed by atoms with Crippen molar-refractivity contribution < 1.29 is 23.4 Å². The normalized spacial score (nSPS) is 22.6. The van der Waals surface area contributed by atoms with Gasteiger partial charge < -0.3 is 14.8 Å². The predicted octanol–water partition coefficient (Wildman–Crippen LogP) is 3.23. The highest BCUT2D eigenvalue weighted by Gasteiger charge is 2.37. The van der Waals surface area contributed by atoms with Crippen molar-refractivity contribution in [2.45, 2.75) is 23.6 Å². The summed E-state index contributed by atoms with van der Waals surface area (Å²) in [6.45, 7) is -0.375. The maximum atomic E-state index is 13.3. The summed E-state index contributed by atoms with van der Waals surface area (Å²) in [5.41, 5.74) is -0.748. The highest BCUT2D eigenvalue weighted by molar-refractivity contribution is 6.25. The van der Waals surface area contributed by atoms with Crippen LogP contribution < -0.4 is 5.56 Å². The van der Waals surface area contributed by atoms with Gasteiger partial charge in [-0.15, -0.1) is 0 Å². The number of nitrogens with zero attached hydrogens (tertiary/aromatic N) is 1. The van der Waals surface area contributed by atoms with E-state index in [0.717, 1.165) is 12.1 Å². The molecule has 8 heteroatoms. The molecule has 0 spiro atoms. The van der Waals surface area contributed by atoms with Crippen LogP contribution in [0.4, 0.5) is 13.2 Å². The van der Waals surface area contributed by atoms with Gasteiger partial charge in [0.05, 0.1) is 17.0 Å². The number of aliphatic hydroxyl groups is 2. The fourth-order valence-electron chi connectivity index (χ4n) is 3.42. The van der Waals surface area contributed by atoms with Crippen molar-refractivity contribution in [2.75, 3.05) is 6.61 Å². The lowest BCUT2D eigenvalue weighted by Crippen LogP contribution is -2.33. The molecule has 3 rings (SSSR count). The molecular weight excluding hydrogens is 383 g/mol. The van der Waals surface area contributed by atoms with Gasteiger partial charge in [0.25, 0.3) is 5.56 Å². The Bertz CT molecular complexity index is 1010. The Labute approximate surface area is 157 Å². The van der Waals surface area contributed by atoms with Gasteiger partial charge in [0.2, 0.25) is 0 Å². The van der Waals surface area contributed by atoms with Crippen LogP contribution in [0.2, 0.25) is 0 Å². The highest BCUT2D eigenvalue weighted by atomic mass is 35.5. The smallest absolute Gasteiger partial charge is 0.396 e. The first-order valence-electron chi connectivity index (χ1n) is 8.19. The Hall–Kier alpha value is -2.09. The van der Waals surface area contributed by atoms with Gasteiger partial charge in [-0.05, 0) is 29.8 Å². The molecule has 2 N–H and O–H groups in total. The molecule has 1 aliphatic rings. The van der Waals surface area contributed by atoms with Gasteiger partial charge in [0.15, 0.2) is 5.06 Å². The Kier molecular flexibility index (Phi) is 4.96. The first kappa shape index (κ1) is 19.7. The molecule has 4 nitrogen and oxygen atoms in total. The van der Waals surface area contributed by atoms with E-state index in [9.17, 15) is 28.2 Å². The zero-order valence-electron chi connectivity index (χ0n) is 14.3. The topological polar surface area (TPSA) is 62.5 Å². The third-order valence-corrected chi connectivity index (χ3v) is 5.08. The van der Waals surface area contributed by atoms with Crippen LogP contribution in [0.1, 0.15) is 22.6 Å². The summed E-state index contributed by atoms with van der Waals surface area (Å²) >= 11 is 6.19. The molecule has 0 saturated heterocycles. The average molecular weight is 400 g/mol. The van der Waals surface area contributed by atoms with Crippen LogP contribution in [0, 0.1) is 0 Å². The van der Waals surface area contributed by atoms with Gasteiger partial charge >= 0.3 is 6.18 Å². The number of pyridine rings is 1. The van der Waals surface area contributed by atoms with Crippen LogP contribution in [0.5, 0.6) is 0 Å². The van der Waals surface area contributed by atoms with Gasteiger partial charge in [-0.1, -0.05) is 29.8 Å². The van der Waals surface area contributed by atoms with E-state index in [1.165, 1.54) is 35.9 Å². The fourth-order valence-corrected chi connectivity index (χ4v) is 3.68. The van der Waals surface area contributed by atoms with Crippen molar-refractivity contribution in [1.29, 1.82) is 0 Å². The van der Waals surface area contributed by atoms with Crippen LogP contribution in [0.3, 0.4) is 0 Å². The monoisotopic (exact) mass is 399 g/mol. The van der Waals surface area contributed by atoms with Gasteiger partial charge in [0, 0.05) is 31.0 Å². The molecule has 0 saturated carbocycles. The molecule has 0 amide bonds. The summed E-state index contributed by atoms with van der Waals surface area (Å²) < 4.78 is 41.0. The number of hydrogen-bond acceptors (Lipinski definition) is 3. The number of hydrogen-bond donors (Lipinski definition) is 2. The molecule has 144 valence electrons. The number of allylic oxidation sites excluding steroid dienone is 2. The number of fused-ring (bicyclic) bond motifs is 1. The fraction of sp³-hybridized carbons (Fsp3) is 0.316. The summed E-state index contributed by atoms with van der Waals surface area (Å²) in [4.78, 5) is 12.8. The lowest BCUT2D eigenvalue weighted by atomic mass is 9.83. The number of aryl methyl sites for hydroxylation is 1. The zero-order chi connectivity index (χ0) is 20.0. The minimum Gasteiger partial charge on any atom is -0.396 e. The van der Waals surface area contributed by atoms with E-state index < -0.39 is 28.3 Å². The molecule has 0 bridgehead atoms. The average Bonchev–Trinajstić information content (AvgIpc) is 2.59. The van der Waals surface area contributed by atoms with Crippen molar-refractivity contribution in [1.82, 2.24) is 4.57 Å². The van der Waals surface area contributed by atoms with E-state index in [1.54, 1.807) is 6.08 Å². The Morgan fingerprint density at radius 2 is 2.00 bits per heavy atom. The van der Waals surface area contributed by atoms with E-state index >= 15 is 0 Å². The van der Waals surface area contributed by atoms with Crippen molar-refractivity contribution in [3.63, 3.8) is 0 Å². The van der Waals surface area contributed by atoms with E-state index in [4.69, 9.17) is 11.6 Å². The maximum absolute atomic E-state index is 13.3. The summed E-state index contributed by atoms with van der Waals surface area (Å²) in [5.74, 6) is -0.953. The first-order valence-corrected chi connectivity index (χ1v) is 8.56. The molecule has 0 aliphatic heterocycles. The second-order valence-corrected chi connectivity index (χ2v) is 7.01. The zero-order valence-corrected chi connectivity index (χ0v) is 15.1. The molecule has 0 fully saturated rings. The SMILES string of the molecule is Cn1c(=O)c(CCO)c(C2C=CC=CC2(O)Cl)c2cc(C(F)(F)F)ccc21. The van der Waals surface area contributed by atoms with Gasteiger partial charge in [-0.3, -0.25) is 4.79 Å². The van der Waals surface area contributed by atoms with Crippen LogP contribution in [0.15, 0.2) is 47.3 Å². The van der Waals surface area contributed by atoms with Crippen molar-refractivity contribution in [2.24, 2.45) is 7.05 Å². The van der Waals surface area contributed by atoms with Crippen molar-refractivity contribution in [3.8, 4) is 0 Å². The van der Waals surface area contributed by atoms with Gasteiger partial charge in [-0.2, -0.15) is 13.2 Å². The van der Waals surface area contributed by atoms with E-state index in [-0.39, 0.29) is 35.1 Å². The van der Waals surface area contributed by atoms with E-state index in [0.29, 0.717) is 0 Å². The molecular formula is C19H17ClF3NO3. The summed E-state index contributed by atoms with van der Waals surface area (Å²) in [6.07, 6.45) is 1.30. The van der Waals surface area contributed by atoms with Crippen molar-refractivity contribution >= 4 is 22.5 Å². The van der Waals surface area contributed by atoms with E-state index in [1.807, 2.05) is 0 Å². The predicted molar refractivity (Wildman–Crippen MR) is 96.8 cm³/mol. The highest BCUT2D eigenvalue weighted by Crippen LogP contribution is 2.42. The molecule has 1 aliphatic carbocycles. The molecule has 1 heterocycles. The molecule has 2 aromatic rings. The minimum absolute atomic E-state index is 0.0742. The summed E-state index contributed by atoms with van der Waals surface area (Å²) in [7, 11) is 1.45. The number of alkyl halides is 4. The Balaban J connectivity index is 2.45. The van der Waals surface area contributed by atoms with Crippen molar-refractivity contribution in [3.05, 3.63) is 69.5 Å². The standard InChI is InChI=1S/C19H17ClF3NO3/c1-24-15-6-5-11(19(21,22)23)10-13(15)16(12(7-9-25)17(24)26)14-4-2-3-8-18(14,20)27/h2-6,8,10,14,25,27H,7,9H2,1H3. The van der Waals surface area contributed by atoms with Gasteiger partial charge in [-0.25, -0.2) is 0 Å². The summed E-state index contributed by atoms with van der Waals surface area (Å²) in [5, 5.41) is 18.2. The third kappa shape index (κ3) is 3.42. The van der Waals surface area contributed by atoms with Crippen LogP contribution in [0.25, 0.3) is 10.9 Å². The number of aromatic nitrogens is 1. The minimum atomic E-state index is -4.57. The lowest BCUT2D eigenvalue weighted by Gasteiger charge is -2.31. The molecule has 2 atom stereocenters. The number of aliphatic hydroxyl groups excluding tert-OH is 1. The first-order chi connectivity index (χ1) is 12.6.